The molecule has 0 heterocycles. The summed E-state index contributed by atoms with van der Waals surface area (Å²) in [5, 5.41) is 6.39. The summed E-state index contributed by atoms with van der Waals surface area (Å²) in [7, 11) is 0. The summed E-state index contributed by atoms with van der Waals surface area (Å²) in [5.74, 6) is 0. The molecule has 2 aromatic carbocycles. The Morgan fingerprint density at radius 3 is 2.78 bits per heavy atom. The van der Waals surface area contributed by atoms with E-state index in [1.807, 2.05) is 0 Å². The lowest BCUT2D eigenvalue weighted by Gasteiger charge is -2.20. The number of rotatable bonds is 3. The lowest BCUT2D eigenvalue weighted by Crippen LogP contribution is -2.28. The molecular formula is C17H19N. The summed E-state index contributed by atoms with van der Waals surface area (Å²) in [5.41, 5.74) is 1.40. The average Bonchev–Trinajstić information content (AvgIpc) is 2.91. The minimum absolute atomic E-state index is 0.392. The molecule has 2 atom stereocenters. The smallest absolute Gasteiger partial charge is 0.0303 e. The molecule has 1 aliphatic carbocycles. The first-order valence-electron chi connectivity index (χ1n) is 6.75. The van der Waals surface area contributed by atoms with Gasteiger partial charge in [0.2, 0.25) is 0 Å². The maximum absolute atomic E-state index is 3.70. The molecule has 18 heavy (non-hydrogen) atoms. The second-order valence-electron chi connectivity index (χ2n) is 5.07. The van der Waals surface area contributed by atoms with Gasteiger partial charge in [-0.15, -0.1) is 0 Å². The Bertz CT molecular complexity index is 565. The first kappa shape index (κ1) is 11.5. The molecule has 3 rings (SSSR count). The van der Waals surface area contributed by atoms with Gasteiger partial charge in [0.25, 0.3) is 0 Å². The fourth-order valence-electron chi connectivity index (χ4n) is 2.81. The second-order valence-corrected chi connectivity index (χ2v) is 5.07. The van der Waals surface area contributed by atoms with Crippen LogP contribution < -0.4 is 5.32 Å². The van der Waals surface area contributed by atoms with Crippen LogP contribution in [-0.4, -0.2) is 6.04 Å². The summed E-state index contributed by atoms with van der Waals surface area (Å²) in [6, 6.07) is 16.1. The number of allylic oxidation sites excluding steroid dienone is 1. The van der Waals surface area contributed by atoms with E-state index in [1.165, 1.54) is 29.2 Å². The molecule has 1 unspecified atom stereocenters. The Morgan fingerprint density at radius 2 is 1.94 bits per heavy atom. The van der Waals surface area contributed by atoms with Crippen molar-refractivity contribution in [1.82, 2.24) is 5.32 Å². The van der Waals surface area contributed by atoms with E-state index in [1.54, 1.807) is 0 Å². The first-order chi connectivity index (χ1) is 8.84. The number of benzene rings is 2. The predicted octanol–water partition coefficient (Wildman–Crippen LogP) is 4.21. The van der Waals surface area contributed by atoms with E-state index in [-0.39, 0.29) is 0 Å². The summed E-state index contributed by atoms with van der Waals surface area (Å²) in [6.45, 7) is 2.26. The van der Waals surface area contributed by atoms with Crippen molar-refractivity contribution in [2.75, 3.05) is 0 Å². The molecule has 92 valence electrons. The zero-order chi connectivity index (χ0) is 12.4. The Hall–Kier alpha value is -1.60. The van der Waals surface area contributed by atoms with Crippen LogP contribution in [0.25, 0.3) is 10.8 Å². The number of hydrogen-bond donors (Lipinski definition) is 1. The second kappa shape index (κ2) is 4.95. The SMILES string of the molecule is C[C@@H](NC1C=CCC1)c1cccc2ccccc12. The maximum atomic E-state index is 3.70. The van der Waals surface area contributed by atoms with E-state index in [4.69, 9.17) is 0 Å². The Kier molecular flexibility index (Phi) is 3.16. The van der Waals surface area contributed by atoms with Crippen LogP contribution in [-0.2, 0) is 0 Å². The number of fused-ring (bicyclic) bond motifs is 1. The number of hydrogen-bond acceptors (Lipinski definition) is 1. The molecule has 2 aromatic rings. The van der Waals surface area contributed by atoms with Crippen LogP contribution in [0.1, 0.15) is 31.4 Å². The van der Waals surface area contributed by atoms with Crippen LogP contribution in [0.15, 0.2) is 54.6 Å². The third-order valence-corrected chi connectivity index (χ3v) is 3.77. The molecule has 0 bridgehead atoms. The highest BCUT2D eigenvalue weighted by atomic mass is 14.9. The Balaban J connectivity index is 1.90. The summed E-state index contributed by atoms with van der Waals surface area (Å²) in [6.07, 6.45) is 7.00. The van der Waals surface area contributed by atoms with Crippen LogP contribution in [0.3, 0.4) is 0 Å². The van der Waals surface area contributed by atoms with Gasteiger partial charge in [-0.05, 0) is 36.1 Å². The van der Waals surface area contributed by atoms with Crippen molar-refractivity contribution in [3.63, 3.8) is 0 Å². The fourth-order valence-corrected chi connectivity index (χ4v) is 2.81. The van der Waals surface area contributed by atoms with Crippen molar-refractivity contribution >= 4 is 10.8 Å². The minimum atomic E-state index is 0.392. The highest BCUT2D eigenvalue weighted by molar-refractivity contribution is 5.86. The molecule has 1 heteroatoms. The third-order valence-electron chi connectivity index (χ3n) is 3.77. The molecule has 0 aromatic heterocycles. The lowest BCUT2D eigenvalue weighted by atomic mass is 9.99. The van der Waals surface area contributed by atoms with Gasteiger partial charge in [0.1, 0.15) is 0 Å². The van der Waals surface area contributed by atoms with E-state index in [2.05, 4.69) is 66.9 Å². The highest BCUT2D eigenvalue weighted by Crippen LogP contribution is 2.25. The van der Waals surface area contributed by atoms with Crippen molar-refractivity contribution in [2.24, 2.45) is 0 Å². The van der Waals surface area contributed by atoms with Crippen LogP contribution in [0.4, 0.5) is 0 Å². The van der Waals surface area contributed by atoms with Gasteiger partial charge in [0.05, 0.1) is 0 Å². The lowest BCUT2D eigenvalue weighted by molar-refractivity contribution is 0.508. The molecule has 0 fully saturated rings. The van der Waals surface area contributed by atoms with Gasteiger partial charge in [0.15, 0.2) is 0 Å². The van der Waals surface area contributed by atoms with Crippen LogP contribution in [0.2, 0.25) is 0 Å². The predicted molar refractivity (Wildman–Crippen MR) is 77.7 cm³/mol. The third kappa shape index (κ3) is 2.19. The summed E-state index contributed by atoms with van der Waals surface area (Å²) >= 11 is 0. The summed E-state index contributed by atoms with van der Waals surface area (Å²) < 4.78 is 0. The molecule has 1 N–H and O–H groups in total. The largest absolute Gasteiger partial charge is 0.304 e. The zero-order valence-electron chi connectivity index (χ0n) is 10.8. The fraction of sp³-hybridized carbons (Fsp3) is 0.294. The molecule has 0 saturated carbocycles. The molecule has 0 spiro atoms. The quantitative estimate of drug-likeness (QED) is 0.788. The van der Waals surface area contributed by atoms with Crippen LogP contribution in [0, 0.1) is 0 Å². The van der Waals surface area contributed by atoms with E-state index in [9.17, 15) is 0 Å². The van der Waals surface area contributed by atoms with E-state index < -0.39 is 0 Å². The van der Waals surface area contributed by atoms with Gasteiger partial charge in [0, 0.05) is 12.1 Å². The van der Waals surface area contributed by atoms with Crippen molar-refractivity contribution in [3.05, 3.63) is 60.2 Å². The molecular weight excluding hydrogens is 218 g/mol. The maximum Gasteiger partial charge on any atom is 0.0303 e. The van der Waals surface area contributed by atoms with E-state index >= 15 is 0 Å². The normalized spacial score (nSPS) is 20.4. The minimum Gasteiger partial charge on any atom is -0.304 e. The average molecular weight is 237 g/mol. The van der Waals surface area contributed by atoms with Gasteiger partial charge in [-0.25, -0.2) is 0 Å². The molecule has 0 amide bonds. The van der Waals surface area contributed by atoms with Crippen molar-refractivity contribution in [3.8, 4) is 0 Å². The van der Waals surface area contributed by atoms with E-state index in [0.717, 1.165) is 0 Å². The molecule has 0 aliphatic heterocycles. The van der Waals surface area contributed by atoms with Gasteiger partial charge < -0.3 is 5.32 Å². The van der Waals surface area contributed by atoms with Gasteiger partial charge in [-0.3, -0.25) is 0 Å². The van der Waals surface area contributed by atoms with Gasteiger partial charge in [-0.2, -0.15) is 0 Å². The van der Waals surface area contributed by atoms with Crippen LogP contribution in [0.5, 0.6) is 0 Å². The van der Waals surface area contributed by atoms with Crippen molar-refractivity contribution in [1.29, 1.82) is 0 Å². The number of nitrogens with one attached hydrogen (secondary N) is 1. The summed E-state index contributed by atoms with van der Waals surface area (Å²) in [4.78, 5) is 0. The van der Waals surface area contributed by atoms with E-state index in [0.29, 0.717) is 12.1 Å². The molecule has 0 saturated heterocycles. The van der Waals surface area contributed by atoms with Gasteiger partial charge in [-0.1, -0.05) is 54.6 Å². The van der Waals surface area contributed by atoms with Gasteiger partial charge >= 0.3 is 0 Å². The standard InChI is InChI=1S/C17H19N/c1-13(18-15-9-3-4-10-15)16-12-6-8-14-7-2-5-11-17(14)16/h2-3,5-9,11-13,15,18H,4,10H2,1H3/t13-,15?/m1/s1. The first-order valence-corrected chi connectivity index (χ1v) is 6.75. The molecule has 1 aliphatic rings. The van der Waals surface area contributed by atoms with Crippen molar-refractivity contribution < 1.29 is 0 Å². The monoisotopic (exact) mass is 237 g/mol. The molecule has 0 radical (unpaired) electrons. The highest BCUT2D eigenvalue weighted by Gasteiger charge is 2.14. The Morgan fingerprint density at radius 1 is 1.11 bits per heavy atom. The Labute approximate surface area is 109 Å². The topological polar surface area (TPSA) is 12.0 Å². The van der Waals surface area contributed by atoms with Crippen molar-refractivity contribution in [2.45, 2.75) is 31.8 Å². The zero-order valence-corrected chi connectivity index (χ0v) is 10.8. The molecule has 1 nitrogen and oxygen atoms in total. The van der Waals surface area contributed by atoms with Crippen LogP contribution >= 0.6 is 0 Å².